The zero-order valence-corrected chi connectivity index (χ0v) is 12.8. The van der Waals surface area contributed by atoms with Gasteiger partial charge >= 0.3 is 0 Å². The Kier molecular flexibility index (Phi) is 3.54. The van der Waals surface area contributed by atoms with Gasteiger partial charge in [0.2, 0.25) is 0 Å². The Hall–Kier alpha value is -2.68. The van der Waals surface area contributed by atoms with Crippen LogP contribution in [0.1, 0.15) is 38.1 Å². The molecule has 1 N–H and O–H groups in total. The van der Waals surface area contributed by atoms with E-state index in [1.165, 1.54) is 25.7 Å². The summed E-state index contributed by atoms with van der Waals surface area (Å²) in [5, 5.41) is 17.1. The number of hydrogen-bond acceptors (Lipinski definition) is 4. The Bertz CT molecular complexity index is 836. The number of H-pyrrole nitrogens is 1. The lowest BCUT2D eigenvalue weighted by molar-refractivity contribution is 0.346. The fourth-order valence-electron chi connectivity index (χ4n) is 3.78. The molecule has 1 unspecified atom stereocenters. The first-order valence-corrected chi connectivity index (χ1v) is 8.06. The lowest BCUT2D eigenvalue weighted by Crippen LogP contribution is -2.16. The fraction of sp³-hybridized carbons (Fsp3) is 0.412. The van der Waals surface area contributed by atoms with Crippen molar-refractivity contribution in [1.82, 2.24) is 24.7 Å². The van der Waals surface area contributed by atoms with Crippen molar-refractivity contribution in [3.05, 3.63) is 31.0 Å². The van der Waals surface area contributed by atoms with Gasteiger partial charge in [-0.1, -0.05) is 12.8 Å². The quantitative estimate of drug-likeness (QED) is 0.800. The summed E-state index contributed by atoms with van der Waals surface area (Å²) < 4.78 is 2.18. The van der Waals surface area contributed by atoms with Crippen LogP contribution in [-0.4, -0.2) is 24.7 Å². The predicted molar refractivity (Wildman–Crippen MR) is 86.3 cm³/mol. The van der Waals surface area contributed by atoms with E-state index in [0.717, 1.165) is 22.3 Å². The van der Waals surface area contributed by atoms with Gasteiger partial charge in [0.1, 0.15) is 12.0 Å². The van der Waals surface area contributed by atoms with E-state index < -0.39 is 0 Å². The summed E-state index contributed by atoms with van der Waals surface area (Å²) in [6.45, 7) is 0. The number of aromatic amines is 1. The zero-order chi connectivity index (χ0) is 15.6. The number of aromatic nitrogens is 5. The predicted octanol–water partition coefficient (Wildman–Crippen LogP) is 3.47. The minimum absolute atomic E-state index is 0.201. The Morgan fingerprint density at radius 1 is 1.35 bits per heavy atom. The van der Waals surface area contributed by atoms with E-state index >= 15 is 0 Å². The van der Waals surface area contributed by atoms with Gasteiger partial charge in [-0.25, -0.2) is 9.97 Å². The van der Waals surface area contributed by atoms with Crippen LogP contribution in [0.3, 0.4) is 0 Å². The molecule has 0 saturated heterocycles. The van der Waals surface area contributed by atoms with Crippen molar-refractivity contribution in [2.45, 2.75) is 38.1 Å². The molecule has 1 aliphatic carbocycles. The first-order chi connectivity index (χ1) is 11.4. The normalized spacial score (nSPS) is 16.7. The lowest BCUT2D eigenvalue weighted by atomic mass is 9.95. The Labute approximate surface area is 134 Å². The molecule has 3 heterocycles. The van der Waals surface area contributed by atoms with Gasteiger partial charge in [-0.15, -0.1) is 0 Å². The molecule has 1 fully saturated rings. The zero-order valence-electron chi connectivity index (χ0n) is 12.8. The molecule has 0 aliphatic heterocycles. The van der Waals surface area contributed by atoms with Crippen LogP contribution in [-0.2, 0) is 0 Å². The number of nitrogens with one attached hydrogen (secondary N) is 1. The van der Waals surface area contributed by atoms with Crippen molar-refractivity contribution in [2.75, 3.05) is 0 Å². The van der Waals surface area contributed by atoms with Gasteiger partial charge in [-0.2, -0.15) is 10.4 Å². The van der Waals surface area contributed by atoms with Crippen molar-refractivity contribution in [3.8, 4) is 17.3 Å². The summed E-state index contributed by atoms with van der Waals surface area (Å²) in [6.07, 6.45) is 12.7. The fourth-order valence-corrected chi connectivity index (χ4v) is 3.78. The highest BCUT2D eigenvalue weighted by Gasteiger charge is 2.27. The van der Waals surface area contributed by atoms with Gasteiger partial charge in [-0.3, -0.25) is 5.10 Å². The summed E-state index contributed by atoms with van der Waals surface area (Å²) in [7, 11) is 0. The molecule has 0 aromatic carbocycles. The standard InChI is InChI=1S/C17H18N6/c18-7-5-15(12-3-1-2-4-12)23-8-6-14-16(13-9-21-22-10-13)19-11-20-17(14)23/h6,8-12,15H,1-5H2,(H,21,22). The smallest absolute Gasteiger partial charge is 0.144 e. The molecule has 3 aromatic rings. The number of hydrogen-bond donors (Lipinski definition) is 1. The molecule has 1 aliphatic rings. The summed E-state index contributed by atoms with van der Waals surface area (Å²) >= 11 is 0. The van der Waals surface area contributed by atoms with Crippen LogP contribution < -0.4 is 0 Å². The largest absolute Gasteiger partial charge is 0.328 e. The van der Waals surface area contributed by atoms with Crippen molar-refractivity contribution >= 4 is 11.0 Å². The van der Waals surface area contributed by atoms with Gasteiger partial charge in [-0.05, 0) is 24.8 Å². The third-order valence-electron chi connectivity index (χ3n) is 4.88. The van der Waals surface area contributed by atoms with Crippen molar-refractivity contribution in [1.29, 1.82) is 5.26 Å². The average Bonchev–Trinajstić information content (AvgIpc) is 3.33. The Balaban J connectivity index is 1.81. The van der Waals surface area contributed by atoms with Gasteiger partial charge in [0, 0.05) is 23.3 Å². The molecule has 0 spiro atoms. The molecule has 0 radical (unpaired) electrons. The van der Waals surface area contributed by atoms with Crippen LogP contribution in [0.25, 0.3) is 22.3 Å². The van der Waals surface area contributed by atoms with E-state index in [-0.39, 0.29) is 6.04 Å². The molecular formula is C17H18N6. The molecule has 3 aromatic heterocycles. The highest BCUT2D eigenvalue weighted by molar-refractivity contribution is 5.90. The van der Waals surface area contributed by atoms with Crippen molar-refractivity contribution < 1.29 is 0 Å². The second kappa shape index (κ2) is 5.84. The van der Waals surface area contributed by atoms with Crippen LogP contribution in [0.15, 0.2) is 31.0 Å². The molecule has 6 heteroatoms. The minimum atomic E-state index is 0.201. The van der Waals surface area contributed by atoms with Crippen LogP contribution in [0.2, 0.25) is 0 Å². The molecule has 4 rings (SSSR count). The second-order valence-corrected chi connectivity index (χ2v) is 6.14. The highest BCUT2D eigenvalue weighted by Crippen LogP contribution is 2.38. The molecule has 1 saturated carbocycles. The molecule has 0 amide bonds. The topological polar surface area (TPSA) is 83.2 Å². The maximum absolute atomic E-state index is 9.26. The molecule has 23 heavy (non-hydrogen) atoms. The van der Waals surface area contributed by atoms with E-state index in [1.54, 1.807) is 12.5 Å². The first-order valence-electron chi connectivity index (χ1n) is 8.06. The second-order valence-electron chi connectivity index (χ2n) is 6.14. The van der Waals surface area contributed by atoms with Crippen molar-refractivity contribution in [3.63, 3.8) is 0 Å². The Morgan fingerprint density at radius 3 is 2.96 bits per heavy atom. The summed E-state index contributed by atoms with van der Waals surface area (Å²) in [5.74, 6) is 0.567. The van der Waals surface area contributed by atoms with E-state index in [2.05, 4.69) is 43.1 Å². The monoisotopic (exact) mass is 306 g/mol. The molecule has 0 bridgehead atoms. The van der Waals surface area contributed by atoms with Crippen LogP contribution in [0.4, 0.5) is 0 Å². The number of nitrogens with zero attached hydrogens (tertiary/aromatic N) is 5. The van der Waals surface area contributed by atoms with E-state index in [0.29, 0.717) is 12.3 Å². The SMILES string of the molecule is N#CCC(C1CCCC1)n1ccc2c(-c3cn[nH]c3)ncnc21. The van der Waals surface area contributed by atoms with Crippen LogP contribution in [0, 0.1) is 17.2 Å². The summed E-state index contributed by atoms with van der Waals surface area (Å²) in [4.78, 5) is 8.91. The minimum Gasteiger partial charge on any atom is -0.328 e. The number of rotatable bonds is 4. The van der Waals surface area contributed by atoms with Gasteiger partial charge in [0.15, 0.2) is 0 Å². The third kappa shape index (κ3) is 2.38. The van der Waals surface area contributed by atoms with Gasteiger partial charge in [0.25, 0.3) is 0 Å². The van der Waals surface area contributed by atoms with Gasteiger partial charge < -0.3 is 4.57 Å². The third-order valence-corrected chi connectivity index (χ3v) is 4.88. The van der Waals surface area contributed by atoms with E-state index in [1.807, 2.05) is 6.20 Å². The molecule has 6 nitrogen and oxygen atoms in total. The van der Waals surface area contributed by atoms with Crippen LogP contribution >= 0.6 is 0 Å². The van der Waals surface area contributed by atoms with E-state index in [9.17, 15) is 5.26 Å². The number of fused-ring (bicyclic) bond motifs is 1. The average molecular weight is 306 g/mol. The molecule has 116 valence electrons. The maximum Gasteiger partial charge on any atom is 0.144 e. The highest BCUT2D eigenvalue weighted by atomic mass is 15.1. The van der Waals surface area contributed by atoms with E-state index in [4.69, 9.17) is 0 Å². The maximum atomic E-state index is 9.26. The lowest BCUT2D eigenvalue weighted by Gasteiger charge is -2.23. The Morgan fingerprint density at radius 2 is 2.22 bits per heavy atom. The van der Waals surface area contributed by atoms with Crippen molar-refractivity contribution in [2.24, 2.45) is 5.92 Å². The summed E-state index contributed by atoms with van der Waals surface area (Å²) in [5.41, 5.74) is 2.74. The molecular weight excluding hydrogens is 288 g/mol. The molecule has 1 atom stereocenters. The van der Waals surface area contributed by atoms with Gasteiger partial charge in [0.05, 0.1) is 30.4 Å². The summed E-state index contributed by atoms with van der Waals surface area (Å²) in [6, 6.07) is 4.61. The first kappa shape index (κ1) is 13.9. The number of nitriles is 1. The van der Waals surface area contributed by atoms with Crippen LogP contribution in [0.5, 0.6) is 0 Å².